The van der Waals surface area contributed by atoms with Gasteiger partial charge in [0.15, 0.2) is 0 Å². The fraction of sp³-hybridized carbons (Fsp3) is 0.333. The van der Waals surface area contributed by atoms with Crippen LogP contribution >= 0.6 is 0 Å². The van der Waals surface area contributed by atoms with Crippen molar-refractivity contribution in [1.82, 2.24) is 10.3 Å². The maximum atomic E-state index is 11.9. The number of amides is 1. The number of ether oxygens (including phenoxy) is 1. The van der Waals surface area contributed by atoms with Crippen LogP contribution in [0, 0.1) is 0 Å². The Morgan fingerprint density at radius 2 is 1.73 bits per heavy atom. The molecule has 0 aliphatic heterocycles. The summed E-state index contributed by atoms with van der Waals surface area (Å²) in [4.78, 5) is 15.8. The highest BCUT2D eigenvalue weighted by Crippen LogP contribution is 2.18. The van der Waals surface area contributed by atoms with Gasteiger partial charge in [-0.05, 0) is 57.0 Å². The third-order valence-electron chi connectivity index (χ3n) is 2.99. The summed E-state index contributed by atoms with van der Waals surface area (Å²) in [5.74, 6) is 0.784. The topological polar surface area (TPSA) is 51.2 Å². The molecule has 1 amide bonds. The summed E-state index contributed by atoms with van der Waals surface area (Å²) in [7, 11) is 0. The Morgan fingerprint density at radius 1 is 1.09 bits per heavy atom. The largest absolute Gasteiger partial charge is 0.488 e. The minimum atomic E-state index is -0.194. The van der Waals surface area contributed by atoms with E-state index in [0.717, 1.165) is 17.7 Å². The molecule has 4 heteroatoms. The first kappa shape index (κ1) is 16.0. The highest BCUT2D eigenvalue weighted by atomic mass is 16.5. The normalized spacial score (nSPS) is 11.0. The lowest BCUT2D eigenvalue weighted by atomic mass is 10.1. The second-order valence-corrected chi connectivity index (χ2v) is 6.10. The van der Waals surface area contributed by atoms with Crippen LogP contribution in [0.4, 0.5) is 0 Å². The molecule has 2 rings (SSSR count). The lowest BCUT2D eigenvalue weighted by Gasteiger charge is -2.21. The van der Waals surface area contributed by atoms with Crippen LogP contribution in [-0.2, 0) is 6.42 Å². The van der Waals surface area contributed by atoms with Crippen molar-refractivity contribution in [3.05, 3.63) is 59.9 Å². The van der Waals surface area contributed by atoms with E-state index in [9.17, 15) is 4.79 Å². The van der Waals surface area contributed by atoms with Gasteiger partial charge in [-0.3, -0.25) is 9.78 Å². The van der Waals surface area contributed by atoms with Crippen molar-refractivity contribution in [2.75, 3.05) is 6.54 Å². The smallest absolute Gasteiger partial charge is 0.251 e. The Morgan fingerprint density at radius 3 is 2.32 bits per heavy atom. The number of rotatable bonds is 5. The number of benzene rings is 1. The summed E-state index contributed by atoms with van der Waals surface area (Å²) in [6.45, 7) is 6.67. The van der Waals surface area contributed by atoms with Gasteiger partial charge in [0.1, 0.15) is 11.4 Å². The predicted octanol–water partition coefficient (Wildman–Crippen LogP) is 3.23. The molecule has 0 fully saturated rings. The average molecular weight is 298 g/mol. The minimum absolute atomic E-state index is 0.0740. The Labute approximate surface area is 131 Å². The molecule has 22 heavy (non-hydrogen) atoms. The van der Waals surface area contributed by atoms with Crippen LogP contribution in [0.25, 0.3) is 0 Å². The van der Waals surface area contributed by atoms with E-state index in [1.807, 2.05) is 45.0 Å². The van der Waals surface area contributed by atoms with Crippen molar-refractivity contribution >= 4 is 5.91 Å². The van der Waals surface area contributed by atoms with Crippen LogP contribution in [-0.4, -0.2) is 23.0 Å². The van der Waals surface area contributed by atoms with Gasteiger partial charge in [0.05, 0.1) is 0 Å². The van der Waals surface area contributed by atoms with E-state index in [0.29, 0.717) is 12.1 Å². The van der Waals surface area contributed by atoms with Gasteiger partial charge in [0.2, 0.25) is 0 Å². The maximum Gasteiger partial charge on any atom is 0.251 e. The Hall–Kier alpha value is -2.36. The summed E-state index contributed by atoms with van der Waals surface area (Å²) in [6, 6.07) is 11.4. The number of carbonyl (C=O) groups excluding carboxylic acids is 1. The Kier molecular flexibility index (Phi) is 5.15. The van der Waals surface area contributed by atoms with E-state index in [1.165, 1.54) is 0 Å². The molecule has 1 aromatic carbocycles. The molecule has 0 saturated carbocycles. The van der Waals surface area contributed by atoms with E-state index >= 15 is 0 Å². The Bertz CT molecular complexity index is 601. The van der Waals surface area contributed by atoms with Gasteiger partial charge in [0.25, 0.3) is 5.91 Å². The number of nitrogens with zero attached hydrogens (tertiary/aromatic N) is 1. The molecule has 1 heterocycles. The number of nitrogens with one attached hydrogen (secondary N) is 1. The molecule has 0 aliphatic carbocycles. The fourth-order valence-electron chi connectivity index (χ4n) is 2.00. The molecule has 0 bridgehead atoms. The van der Waals surface area contributed by atoms with Gasteiger partial charge in [-0.2, -0.15) is 0 Å². The lowest BCUT2D eigenvalue weighted by molar-refractivity contribution is 0.0954. The summed E-state index contributed by atoms with van der Waals surface area (Å²) < 4.78 is 5.78. The van der Waals surface area contributed by atoms with Crippen LogP contribution in [0.1, 0.15) is 36.7 Å². The summed E-state index contributed by atoms with van der Waals surface area (Å²) in [5.41, 5.74) is 1.60. The molecule has 4 nitrogen and oxygen atoms in total. The molecular formula is C18H22N2O2. The first-order valence-electron chi connectivity index (χ1n) is 7.40. The standard InChI is InChI=1S/C18H22N2O2/c1-18(2,3)22-16-6-4-14(5-7-16)8-13-20-17(21)15-9-11-19-12-10-15/h4-7,9-12H,8,13H2,1-3H3,(H,20,21). The second kappa shape index (κ2) is 7.07. The number of aromatic nitrogens is 1. The van der Waals surface area contributed by atoms with Gasteiger partial charge in [-0.1, -0.05) is 12.1 Å². The molecule has 0 aliphatic rings. The molecule has 2 aromatic rings. The van der Waals surface area contributed by atoms with Crippen molar-refractivity contribution in [2.45, 2.75) is 32.8 Å². The van der Waals surface area contributed by atoms with E-state index in [1.54, 1.807) is 24.5 Å². The molecule has 1 N–H and O–H groups in total. The minimum Gasteiger partial charge on any atom is -0.488 e. The van der Waals surface area contributed by atoms with Gasteiger partial charge in [-0.15, -0.1) is 0 Å². The predicted molar refractivity (Wildman–Crippen MR) is 87.1 cm³/mol. The molecular weight excluding hydrogens is 276 g/mol. The zero-order valence-electron chi connectivity index (χ0n) is 13.3. The van der Waals surface area contributed by atoms with Crippen LogP contribution in [0.5, 0.6) is 5.75 Å². The lowest BCUT2D eigenvalue weighted by Crippen LogP contribution is -2.25. The number of pyridine rings is 1. The van der Waals surface area contributed by atoms with Crippen molar-refractivity contribution in [2.24, 2.45) is 0 Å². The summed E-state index contributed by atoms with van der Waals surface area (Å²) >= 11 is 0. The van der Waals surface area contributed by atoms with Gasteiger partial charge < -0.3 is 10.1 Å². The zero-order chi connectivity index (χ0) is 16.0. The first-order valence-corrected chi connectivity index (χ1v) is 7.40. The van der Waals surface area contributed by atoms with Crippen LogP contribution < -0.4 is 10.1 Å². The highest BCUT2D eigenvalue weighted by Gasteiger charge is 2.11. The summed E-state index contributed by atoms with van der Waals surface area (Å²) in [5, 5.41) is 2.90. The number of carbonyl (C=O) groups is 1. The zero-order valence-corrected chi connectivity index (χ0v) is 13.3. The van der Waals surface area contributed by atoms with Gasteiger partial charge in [0, 0.05) is 24.5 Å². The van der Waals surface area contributed by atoms with Crippen LogP contribution in [0.15, 0.2) is 48.8 Å². The van der Waals surface area contributed by atoms with E-state index in [4.69, 9.17) is 4.74 Å². The number of hydrogen-bond acceptors (Lipinski definition) is 3. The van der Waals surface area contributed by atoms with E-state index in [2.05, 4.69) is 10.3 Å². The monoisotopic (exact) mass is 298 g/mol. The second-order valence-electron chi connectivity index (χ2n) is 6.10. The van der Waals surface area contributed by atoms with Crippen LogP contribution in [0.2, 0.25) is 0 Å². The third-order valence-corrected chi connectivity index (χ3v) is 2.99. The first-order chi connectivity index (χ1) is 10.4. The Balaban J connectivity index is 1.81. The molecule has 0 unspecified atom stereocenters. The van der Waals surface area contributed by atoms with Crippen molar-refractivity contribution < 1.29 is 9.53 Å². The van der Waals surface area contributed by atoms with Crippen LogP contribution in [0.3, 0.4) is 0 Å². The van der Waals surface area contributed by atoms with Crippen molar-refractivity contribution in [3.63, 3.8) is 0 Å². The SMILES string of the molecule is CC(C)(C)Oc1ccc(CCNC(=O)c2ccncc2)cc1. The molecule has 0 atom stereocenters. The van der Waals surface area contributed by atoms with Gasteiger partial charge >= 0.3 is 0 Å². The fourth-order valence-corrected chi connectivity index (χ4v) is 2.00. The maximum absolute atomic E-state index is 11.9. The van der Waals surface area contributed by atoms with Gasteiger partial charge in [-0.25, -0.2) is 0 Å². The molecule has 0 radical (unpaired) electrons. The molecule has 1 aromatic heterocycles. The number of hydrogen-bond donors (Lipinski definition) is 1. The van der Waals surface area contributed by atoms with Crippen molar-refractivity contribution in [1.29, 1.82) is 0 Å². The van der Waals surface area contributed by atoms with E-state index in [-0.39, 0.29) is 11.5 Å². The quantitative estimate of drug-likeness (QED) is 0.922. The summed E-state index contributed by atoms with van der Waals surface area (Å²) in [6.07, 6.45) is 4.01. The molecule has 0 spiro atoms. The molecule has 116 valence electrons. The molecule has 0 saturated heterocycles. The average Bonchev–Trinajstić information content (AvgIpc) is 2.48. The van der Waals surface area contributed by atoms with Crippen molar-refractivity contribution in [3.8, 4) is 5.75 Å². The highest BCUT2D eigenvalue weighted by molar-refractivity contribution is 5.93. The van der Waals surface area contributed by atoms with E-state index < -0.39 is 0 Å². The third kappa shape index (κ3) is 5.20.